The van der Waals surface area contributed by atoms with Crippen LogP contribution in [-0.2, 0) is 9.84 Å². The molecule has 1 heterocycles. The maximum absolute atomic E-state index is 11.0. The Kier molecular flexibility index (Phi) is 2.20. The SMILES string of the molecule is CS(=O)(=O)c1cnc(Cl)nc1N. The summed E-state index contributed by atoms with van der Waals surface area (Å²) in [4.78, 5) is 6.89. The fraction of sp³-hybridized carbons (Fsp3) is 0.200. The van der Waals surface area contributed by atoms with Crippen LogP contribution in [0.2, 0.25) is 5.28 Å². The summed E-state index contributed by atoms with van der Waals surface area (Å²) in [6.07, 6.45) is 2.11. The zero-order valence-electron chi connectivity index (χ0n) is 6.15. The van der Waals surface area contributed by atoms with Crippen LogP contribution in [0.15, 0.2) is 11.1 Å². The van der Waals surface area contributed by atoms with Crippen molar-refractivity contribution in [2.75, 3.05) is 12.0 Å². The van der Waals surface area contributed by atoms with Gasteiger partial charge in [-0.15, -0.1) is 0 Å². The molecule has 0 unspecified atom stereocenters. The predicted molar refractivity (Wildman–Crippen MR) is 44.6 cm³/mol. The predicted octanol–water partition coefficient (Wildman–Crippen LogP) is 0.116. The zero-order chi connectivity index (χ0) is 9.35. The molecule has 0 spiro atoms. The number of sulfone groups is 1. The van der Waals surface area contributed by atoms with Gasteiger partial charge in [-0.05, 0) is 11.6 Å². The summed E-state index contributed by atoms with van der Waals surface area (Å²) in [6, 6.07) is 0. The Balaban J connectivity index is 3.39. The van der Waals surface area contributed by atoms with Crippen LogP contribution in [0, 0.1) is 0 Å². The second-order valence-electron chi connectivity index (χ2n) is 2.16. The number of aromatic nitrogens is 2. The Morgan fingerprint density at radius 3 is 2.58 bits per heavy atom. The second kappa shape index (κ2) is 2.87. The Labute approximate surface area is 74.5 Å². The average molecular weight is 208 g/mol. The zero-order valence-corrected chi connectivity index (χ0v) is 7.72. The monoisotopic (exact) mass is 207 g/mol. The number of nitrogens with zero attached hydrogens (tertiary/aromatic N) is 2. The molecule has 0 aromatic carbocycles. The molecule has 0 amide bonds. The van der Waals surface area contributed by atoms with Gasteiger partial charge in [-0.1, -0.05) is 0 Å². The van der Waals surface area contributed by atoms with Crippen molar-refractivity contribution >= 4 is 27.3 Å². The first-order valence-corrected chi connectivity index (χ1v) is 5.16. The number of rotatable bonds is 1. The Morgan fingerprint density at radius 1 is 1.58 bits per heavy atom. The summed E-state index contributed by atoms with van der Waals surface area (Å²) in [5.41, 5.74) is 5.29. The van der Waals surface area contributed by atoms with Gasteiger partial charge in [-0.25, -0.2) is 13.4 Å². The molecule has 66 valence electrons. The van der Waals surface area contributed by atoms with E-state index < -0.39 is 9.84 Å². The van der Waals surface area contributed by atoms with Crippen LogP contribution >= 0.6 is 11.6 Å². The molecule has 2 N–H and O–H groups in total. The Bertz CT molecular complexity index is 403. The van der Waals surface area contributed by atoms with Crippen molar-refractivity contribution in [2.24, 2.45) is 0 Å². The van der Waals surface area contributed by atoms with Gasteiger partial charge in [-0.3, -0.25) is 0 Å². The van der Waals surface area contributed by atoms with Gasteiger partial charge in [-0.2, -0.15) is 4.98 Å². The fourth-order valence-corrected chi connectivity index (χ4v) is 1.46. The summed E-state index contributed by atoms with van der Waals surface area (Å²) in [5.74, 6) is -0.127. The largest absolute Gasteiger partial charge is 0.382 e. The summed E-state index contributed by atoms with van der Waals surface area (Å²) in [6.45, 7) is 0. The third-order valence-electron chi connectivity index (χ3n) is 1.15. The molecule has 0 bridgehead atoms. The van der Waals surface area contributed by atoms with Crippen LogP contribution in [0.1, 0.15) is 0 Å². The number of hydrogen-bond donors (Lipinski definition) is 1. The highest BCUT2D eigenvalue weighted by Crippen LogP contribution is 2.15. The van der Waals surface area contributed by atoms with Crippen molar-refractivity contribution in [1.82, 2.24) is 9.97 Å². The Hall–Kier alpha value is -0.880. The molecule has 0 atom stereocenters. The maximum Gasteiger partial charge on any atom is 0.224 e. The van der Waals surface area contributed by atoms with Crippen molar-refractivity contribution in [1.29, 1.82) is 0 Å². The lowest BCUT2D eigenvalue weighted by atomic mass is 10.6. The van der Waals surface area contributed by atoms with Crippen LogP contribution in [-0.4, -0.2) is 24.6 Å². The van der Waals surface area contributed by atoms with Gasteiger partial charge in [0, 0.05) is 6.26 Å². The third-order valence-corrected chi connectivity index (χ3v) is 2.45. The molecule has 0 aliphatic carbocycles. The van der Waals surface area contributed by atoms with E-state index in [4.69, 9.17) is 17.3 Å². The van der Waals surface area contributed by atoms with Gasteiger partial charge in [0.05, 0.1) is 6.20 Å². The molecule has 0 radical (unpaired) electrons. The first kappa shape index (κ1) is 9.21. The summed E-state index contributed by atoms with van der Waals surface area (Å²) < 4.78 is 21.9. The summed E-state index contributed by atoms with van der Waals surface area (Å²) in [5, 5.41) is -0.0695. The highest BCUT2D eigenvalue weighted by molar-refractivity contribution is 7.90. The smallest absolute Gasteiger partial charge is 0.224 e. The quantitative estimate of drug-likeness (QED) is 0.661. The van der Waals surface area contributed by atoms with Gasteiger partial charge in [0.1, 0.15) is 10.7 Å². The molecule has 0 saturated heterocycles. The van der Waals surface area contributed by atoms with Crippen LogP contribution in [0.4, 0.5) is 5.82 Å². The van der Waals surface area contributed by atoms with Gasteiger partial charge < -0.3 is 5.73 Å². The minimum absolute atomic E-state index is 0.0695. The molecule has 12 heavy (non-hydrogen) atoms. The van der Waals surface area contributed by atoms with E-state index >= 15 is 0 Å². The lowest BCUT2D eigenvalue weighted by molar-refractivity contribution is 0.601. The number of anilines is 1. The topological polar surface area (TPSA) is 85.9 Å². The van der Waals surface area contributed by atoms with Crippen molar-refractivity contribution in [3.8, 4) is 0 Å². The molecule has 7 heteroatoms. The van der Waals surface area contributed by atoms with Crippen molar-refractivity contribution in [3.05, 3.63) is 11.5 Å². The van der Waals surface area contributed by atoms with Gasteiger partial charge in [0.2, 0.25) is 5.28 Å². The molecule has 1 rings (SSSR count). The molecule has 0 fully saturated rings. The minimum Gasteiger partial charge on any atom is -0.382 e. The van der Waals surface area contributed by atoms with Crippen LogP contribution < -0.4 is 5.73 Å². The van der Waals surface area contributed by atoms with Crippen LogP contribution in [0.3, 0.4) is 0 Å². The molecule has 0 aliphatic rings. The molecule has 1 aromatic heterocycles. The van der Waals surface area contributed by atoms with Crippen molar-refractivity contribution in [3.63, 3.8) is 0 Å². The number of hydrogen-bond acceptors (Lipinski definition) is 5. The first-order chi connectivity index (χ1) is 5.41. The van der Waals surface area contributed by atoms with E-state index in [1.165, 1.54) is 0 Å². The molecule has 0 saturated carbocycles. The summed E-state index contributed by atoms with van der Waals surface area (Å²) in [7, 11) is -3.36. The molecular formula is C5H6ClN3O2S. The summed E-state index contributed by atoms with van der Waals surface area (Å²) >= 11 is 5.37. The maximum atomic E-state index is 11.0. The van der Waals surface area contributed by atoms with E-state index in [1.54, 1.807) is 0 Å². The average Bonchev–Trinajstić information content (AvgIpc) is 1.83. The van der Waals surface area contributed by atoms with Crippen molar-refractivity contribution in [2.45, 2.75) is 4.90 Å². The van der Waals surface area contributed by atoms with E-state index in [1.807, 2.05) is 0 Å². The molecular weight excluding hydrogens is 202 g/mol. The standard InChI is InChI=1S/C5H6ClN3O2S/c1-12(10,11)3-2-8-5(6)9-4(3)7/h2H,1H3,(H2,7,8,9). The normalized spacial score (nSPS) is 11.5. The van der Waals surface area contributed by atoms with E-state index in [0.29, 0.717) is 0 Å². The number of nitrogen functional groups attached to an aromatic ring is 1. The lowest BCUT2D eigenvalue weighted by Gasteiger charge is -2.00. The molecule has 1 aromatic rings. The lowest BCUT2D eigenvalue weighted by Crippen LogP contribution is -2.05. The second-order valence-corrected chi connectivity index (χ2v) is 4.48. The van der Waals surface area contributed by atoms with Gasteiger partial charge in [0.15, 0.2) is 9.84 Å². The van der Waals surface area contributed by atoms with E-state index in [9.17, 15) is 8.42 Å². The molecule has 5 nitrogen and oxygen atoms in total. The number of halogens is 1. The third kappa shape index (κ3) is 1.83. The fourth-order valence-electron chi connectivity index (χ4n) is 0.647. The number of nitrogens with two attached hydrogens (primary N) is 1. The van der Waals surface area contributed by atoms with Gasteiger partial charge >= 0.3 is 0 Å². The minimum atomic E-state index is -3.36. The van der Waals surface area contributed by atoms with Gasteiger partial charge in [0.25, 0.3) is 0 Å². The Morgan fingerprint density at radius 2 is 2.17 bits per heavy atom. The van der Waals surface area contributed by atoms with E-state index in [0.717, 1.165) is 12.5 Å². The van der Waals surface area contributed by atoms with E-state index in [-0.39, 0.29) is 16.0 Å². The van der Waals surface area contributed by atoms with Crippen LogP contribution in [0.25, 0.3) is 0 Å². The van der Waals surface area contributed by atoms with Crippen LogP contribution in [0.5, 0.6) is 0 Å². The van der Waals surface area contributed by atoms with Crippen molar-refractivity contribution < 1.29 is 8.42 Å². The highest BCUT2D eigenvalue weighted by Gasteiger charge is 2.13. The molecule has 0 aliphatic heterocycles. The van der Waals surface area contributed by atoms with E-state index in [2.05, 4.69) is 9.97 Å². The first-order valence-electron chi connectivity index (χ1n) is 2.89. The highest BCUT2D eigenvalue weighted by atomic mass is 35.5.